The Kier molecular flexibility index (Phi) is 7.46. The number of β-amino-alcohol motifs (C(OH)–C–C–N with tert-alkyl or cyclic N) is 1. The monoisotopic (exact) mass is 383 g/mol. The van der Waals surface area contributed by atoms with Crippen molar-refractivity contribution >= 4 is 48.0 Å². The van der Waals surface area contributed by atoms with Crippen LogP contribution in [0.1, 0.15) is 12.5 Å². The fourth-order valence-electron chi connectivity index (χ4n) is 2.64. The molecule has 1 aliphatic heterocycles. The number of aromatic nitrogens is 2. The molecule has 0 amide bonds. The second-order valence-corrected chi connectivity index (χ2v) is 5.82. The average Bonchev–Trinajstić information content (AvgIpc) is 2.87. The van der Waals surface area contributed by atoms with E-state index in [4.69, 9.17) is 23.2 Å². The van der Waals surface area contributed by atoms with Gasteiger partial charge >= 0.3 is 0 Å². The lowest BCUT2D eigenvalue weighted by molar-refractivity contribution is 0.0880. The van der Waals surface area contributed by atoms with Crippen LogP contribution in [-0.2, 0) is 0 Å². The number of aliphatic hydroxyl groups is 1. The van der Waals surface area contributed by atoms with Crippen LogP contribution in [0.4, 0.5) is 0 Å². The molecule has 1 aromatic heterocycles. The molecule has 4 nitrogen and oxygen atoms in total. The standard InChI is InChI=1S/C14H15Cl2N3O.2ClH/c15-10-5-9(6-11(16)7-10)14-18-3-4-19(14)12-1-2-17-8-13(12)20;;/h3-7,12-13,17,20H,1-2,8H2;2*1H/t12-,13-;;/m0../s1. The summed E-state index contributed by atoms with van der Waals surface area (Å²) in [5, 5.41) is 14.5. The minimum atomic E-state index is -0.425. The van der Waals surface area contributed by atoms with E-state index in [0.29, 0.717) is 16.6 Å². The number of nitrogens with zero attached hydrogens (tertiary/aromatic N) is 2. The second kappa shape index (κ2) is 8.39. The zero-order chi connectivity index (χ0) is 14.1. The summed E-state index contributed by atoms with van der Waals surface area (Å²) in [5.41, 5.74) is 0.859. The molecule has 0 bridgehead atoms. The highest BCUT2D eigenvalue weighted by Gasteiger charge is 2.26. The Morgan fingerprint density at radius 1 is 1.18 bits per heavy atom. The van der Waals surface area contributed by atoms with E-state index in [1.807, 2.05) is 22.9 Å². The SMILES string of the molecule is Cl.Cl.O[C@H]1CNCC[C@@H]1n1ccnc1-c1cc(Cl)cc(Cl)c1. The van der Waals surface area contributed by atoms with Crippen LogP contribution >= 0.6 is 48.0 Å². The third-order valence-electron chi connectivity index (χ3n) is 3.56. The summed E-state index contributed by atoms with van der Waals surface area (Å²) in [6.07, 6.45) is 4.06. The first-order valence-corrected chi connectivity index (χ1v) is 7.29. The molecule has 0 spiro atoms. The molecule has 122 valence electrons. The van der Waals surface area contributed by atoms with E-state index in [-0.39, 0.29) is 30.9 Å². The van der Waals surface area contributed by atoms with E-state index < -0.39 is 6.10 Å². The quantitative estimate of drug-likeness (QED) is 0.831. The number of benzene rings is 1. The smallest absolute Gasteiger partial charge is 0.140 e. The van der Waals surface area contributed by atoms with Gasteiger partial charge in [0.1, 0.15) is 5.82 Å². The number of hydrogen-bond donors (Lipinski definition) is 2. The van der Waals surface area contributed by atoms with E-state index in [1.165, 1.54) is 0 Å². The Hall–Kier alpha value is -0.490. The summed E-state index contributed by atoms with van der Waals surface area (Å²) >= 11 is 12.1. The van der Waals surface area contributed by atoms with Crippen LogP contribution in [0.5, 0.6) is 0 Å². The van der Waals surface area contributed by atoms with Gasteiger partial charge in [0.2, 0.25) is 0 Å². The molecule has 3 rings (SSSR count). The lowest BCUT2D eigenvalue weighted by Crippen LogP contribution is -2.41. The van der Waals surface area contributed by atoms with Crippen molar-refractivity contribution in [2.24, 2.45) is 0 Å². The number of nitrogens with one attached hydrogen (secondary N) is 1. The van der Waals surface area contributed by atoms with Gasteiger partial charge in [0.05, 0.1) is 12.1 Å². The predicted molar refractivity (Wildman–Crippen MR) is 94.7 cm³/mol. The maximum Gasteiger partial charge on any atom is 0.140 e. The van der Waals surface area contributed by atoms with Crippen LogP contribution in [0.2, 0.25) is 10.0 Å². The predicted octanol–water partition coefficient (Wildman–Crippen LogP) is 3.60. The Bertz CT molecular complexity index is 600. The number of imidazole rings is 1. The molecule has 1 aliphatic rings. The molecule has 0 saturated carbocycles. The second-order valence-electron chi connectivity index (χ2n) is 4.94. The van der Waals surface area contributed by atoms with Crippen LogP contribution in [0, 0.1) is 0 Å². The Morgan fingerprint density at radius 3 is 2.50 bits per heavy atom. The first-order chi connectivity index (χ1) is 9.65. The van der Waals surface area contributed by atoms with E-state index in [1.54, 1.807) is 12.3 Å². The van der Waals surface area contributed by atoms with Crippen molar-refractivity contribution in [3.63, 3.8) is 0 Å². The maximum atomic E-state index is 10.2. The zero-order valence-electron chi connectivity index (χ0n) is 11.6. The molecule has 2 N–H and O–H groups in total. The molecule has 2 aromatic rings. The molecule has 2 heterocycles. The van der Waals surface area contributed by atoms with Gasteiger partial charge in [-0.1, -0.05) is 23.2 Å². The van der Waals surface area contributed by atoms with Gasteiger partial charge in [-0.15, -0.1) is 24.8 Å². The van der Waals surface area contributed by atoms with Crippen LogP contribution in [-0.4, -0.2) is 33.9 Å². The Balaban J connectivity index is 0.00000121. The summed E-state index contributed by atoms with van der Waals surface area (Å²) in [6, 6.07) is 5.38. The van der Waals surface area contributed by atoms with Gasteiger partial charge < -0.3 is 15.0 Å². The molecule has 1 fully saturated rings. The number of hydrogen-bond acceptors (Lipinski definition) is 3. The zero-order valence-corrected chi connectivity index (χ0v) is 14.7. The van der Waals surface area contributed by atoms with Crippen molar-refractivity contribution in [1.29, 1.82) is 0 Å². The minimum absolute atomic E-state index is 0. The number of piperidine rings is 1. The fraction of sp³-hybridized carbons (Fsp3) is 0.357. The number of rotatable bonds is 2. The fourth-order valence-corrected chi connectivity index (χ4v) is 3.17. The number of halogens is 4. The van der Waals surface area contributed by atoms with Gasteiger partial charge in [-0.2, -0.15) is 0 Å². The summed E-state index contributed by atoms with van der Waals surface area (Å²) < 4.78 is 2.01. The van der Waals surface area contributed by atoms with E-state index >= 15 is 0 Å². The van der Waals surface area contributed by atoms with Crippen molar-refractivity contribution in [3.05, 3.63) is 40.6 Å². The van der Waals surface area contributed by atoms with Gasteiger partial charge in [-0.25, -0.2) is 4.98 Å². The molecular formula is C14H17Cl4N3O. The lowest BCUT2D eigenvalue weighted by Gasteiger charge is -2.30. The minimum Gasteiger partial charge on any atom is -0.390 e. The number of aliphatic hydroxyl groups excluding tert-OH is 1. The Labute approximate surface area is 151 Å². The molecule has 0 radical (unpaired) electrons. The summed E-state index contributed by atoms with van der Waals surface area (Å²) in [7, 11) is 0. The lowest BCUT2D eigenvalue weighted by atomic mass is 10.0. The molecule has 1 aromatic carbocycles. The van der Waals surface area contributed by atoms with E-state index in [0.717, 1.165) is 24.4 Å². The van der Waals surface area contributed by atoms with Gasteiger partial charge in [0.25, 0.3) is 0 Å². The van der Waals surface area contributed by atoms with Gasteiger partial charge in [-0.05, 0) is 31.2 Å². The van der Waals surface area contributed by atoms with Crippen molar-refractivity contribution in [1.82, 2.24) is 14.9 Å². The van der Waals surface area contributed by atoms with Crippen molar-refractivity contribution in [2.45, 2.75) is 18.6 Å². The summed E-state index contributed by atoms with van der Waals surface area (Å²) in [6.45, 7) is 1.48. The highest BCUT2D eigenvalue weighted by atomic mass is 35.5. The molecule has 2 atom stereocenters. The van der Waals surface area contributed by atoms with E-state index in [9.17, 15) is 5.11 Å². The van der Waals surface area contributed by atoms with Gasteiger partial charge in [-0.3, -0.25) is 0 Å². The van der Waals surface area contributed by atoms with E-state index in [2.05, 4.69) is 10.3 Å². The van der Waals surface area contributed by atoms with Crippen LogP contribution in [0.3, 0.4) is 0 Å². The van der Waals surface area contributed by atoms with Crippen molar-refractivity contribution < 1.29 is 5.11 Å². The third kappa shape index (κ3) is 4.07. The average molecular weight is 385 g/mol. The first kappa shape index (κ1) is 19.6. The molecule has 1 saturated heterocycles. The largest absolute Gasteiger partial charge is 0.390 e. The summed E-state index contributed by atoms with van der Waals surface area (Å²) in [4.78, 5) is 4.39. The highest BCUT2D eigenvalue weighted by molar-refractivity contribution is 6.35. The maximum absolute atomic E-state index is 10.2. The third-order valence-corrected chi connectivity index (χ3v) is 4.00. The van der Waals surface area contributed by atoms with Crippen molar-refractivity contribution in [3.8, 4) is 11.4 Å². The molecule has 0 aliphatic carbocycles. The van der Waals surface area contributed by atoms with Crippen LogP contribution < -0.4 is 5.32 Å². The Morgan fingerprint density at radius 2 is 1.86 bits per heavy atom. The van der Waals surface area contributed by atoms with Crippen LogP contribution in [0.25, 0.3) is 11.4 Å². The molecule has 8 heteroatoms. The van der Waals surface area contributed by atoms with Gasteiger partial charge in [0, 0.05) is 34.5 Å². The molecule has 0 unspecified atom stereocenters. The van der Waals surface area contributed by atoms with Crippen molar-refractivity contribution in [2.75, 3.05) is 13.1 Å². The summed E-state index contributed by atoms with van der Waals surface area (Å²) in [5.74, 6) is 0.778. The molecule has 22 heavy (non-hydrogen) atoms. The molecular weight excluding hydrogens is 368 g/mol. The first-order valence-electron chi connectivity index (χ1n) is 6.53. The highest BCUT2D eigenvalue weighted by Crippen LogP contribution is 2.30. The van der Waals surface area contributed by atoms with Crippen LogP contribution in [0.15, 0.2) is 30.6 Å². The van der Waals surface area contributed by atoms with Gasteiger partial charge in [0.15, 0.2) is 0 Å². The topological polar surface area (TPSA) is 50.1 Å². The normalized spacial score (nSPS) is 20.9.